The summed E-state index contributed by atoms with van der Waals surface area (Å²) in [5.74, 6) is -0.0522. The summed E-state index contributed by atoms with van der Waals surface area (Å²) in [4.78, 5) is 27.3. The highest BCUT2D eigenvalue weighted by Crippen LogP contribution is 2.18. The number of likely N-dealkylation sites (tertiary alicyclic amines) is 1. The first-order valence-electron chi connectivity index (χ1n) is 6.30. The third-order valence-electron chi connectivity index (χ3n) is 3.31. The maximum absolute atomic E-state index is 12.3. The fourth-order valence-electron chi connectivity index (χ4n) is 2.28. The predicted molar refractivity (Wildman–Crippen MR) is 74.3 cm³/mol. The lowest BCUT2D eigenvalue weighted by Gasteiger charge is -2.18. The molecular weight excluding hydrogens is 242 g/mol. The number of benzene rings is 1. The number of nitrogens with zero attached hydrogens (tertiary/aromatic N) is 2. The second kappa shape index (κ2) is 5.30. The van der Waals surface area contributed by atoms with E-state index in [0.29, 0.717) is 18.5 Å². The molecule has 102 valence electrons. The number of anilines is 1. The van der Waals surface area contributed by atoms with E-state index in [0.717, 1.165) is 5.69 Å². The normalized spacial score (nSPS) is 18.6. The number of carbonyl (C=O) groups excluding carboxylic acids is 2. The Kier molecular flexibility index (Phi) is 3.74. The van der Waals surface area contributed by atoms with Gasteiger partial charge in [0.1, 0.15) is 0 Å². The predicted octanol–water partition coefficient (Wildman–Crippen LogP) is 0.713. The fraction of sp³-hybridized carbons (Fsp3) is 0.429. The summed E-state index contributed by atoms with van der Waals surface area (Å²) < 4.78 is 0. The molecule has 1 atom stereocenters. The van der Waals surface area contributed by atoms with Crippen molar-refractivity contribution < 1.29 is 9.59 Å². The number of para-hydroxylation sites is 1. The first-order chi connectivity index (χ1) is 8.99. The van der Waals surface area contributed by atoms with E-state index in [1.807, 2.05) is 37.2 Å². The average Bonchev–Trinajstić information content (AvgIpc) is 2.68. The Bertz CT molecular complexity index is 499. The molecule has 19 heavy (non-hydrogen) atoms. The van der Waals surface area contributed by atoms with Crippen molar-refractivity contribution in [1.29, 1.82) is 0 Å². The van der Waals surface area contributed by atoms with Gasteiger partial charge in [0.15, 0.2) is 0 Å². The number of nitrogens with one attached hydrogen (secondary N) is 1. The standard InChI is InChI=1S/C14H19N3O2/c1-16(2)12-7-5-4-6-11(12)14(19)15-10-8-13(18)17(3)9-10/h4-7,10H,8-9H2,1-3H3,(H,15,19). The van der Waals surface area contributed by atoms with Crippen LogP contribution in [0.25, 0.3) is 0 Å². The molecule has 1 heterocycles. The van der Waals surface area contributed by atoms with E-state index in [2.05, 4.69) is 5.32 Å². The SMILES string of the molecule is CN1CC(NC(=O)c2ccccc2N(C)C)CC1=O. The summed E-state index contributed by atoms with van der Waals surface area (Å²) in [6.45, 7) is 0.578. The van der Waals surface area contributed by atoms with Crippen molar-refractivity contribution in [1.82, 2.24) is 10.2 Å². The van der Waals surface area contributed by atoms with Crippen LogP contribution >= 0.6 is 0 Å². The molecule has 0 aliphatic carbocycles. The number of hydrogen-bond acceptors (Lipinski definition) is 3. The van der Waals surface area contributed by atoms with Crippen LogP contribution in [0, 0.1) is 0 Å². The highest BCUT2D eigenvalue weighted by atomic mass is 16.2. The van der Waals surface area contributed by atoms with E-state index < -0.39 is 0 Å². The molecule has 1 aromatic carbocycles. The second-order valence-electron chi connectivity index (χ2n) is 5.06. The Morgan fingerprint density at radius 1 is 1.37 bits per heavy atom. The van der Waals surface area contributed by atoms with Gasteiger partial charge in [-0.1, -0.05) is 12.1 Å². The maximum Gasteiger partial charge on any atom is 0.253 e. The third-order valence-corrected chi connectivity index (χ3v) is 3.31. The van der Waals surface area contributed by atoms with Crippen molar-refractivity contribution in [3.8, 4) is 0 Å². The molecule has 1 aromatic rings. The zero-order chi connectivity index (χ0) is 14.0. The molecule has 1 saturated heterocycles. The highest BCUT2D eigenvalue weighted by molar-refractivity contribution is 6.00. The topological polar surface area (TPSA) is 52.7 Å². The van der Waals surface area contributed by atoms with Crippen LogP contribution in [0.5, 0.6) is 0 Å². The third kappa shape index (κ3) is 2.86. The minimum atomic E-state index is -0.127. The van der Waals surface area contributed by atoms with Crippen molar-refractivity contribution >= 4 is 17.5 Å². The number of amides is 2. The highest BCUT2D eigenvalue weighted by Gasteiger charge is 2.28. The Hall–Kier alpha value is -2.04. The van der Waals surface area contributed by atoms with Gasteiger partial charge in [0.25, 0.3) is 5.91 Å². The molecule has 1 aliphatic rings. The van der Waals surface area contributed by atoms with E-state index in [-0.39, 0.29) is 17.9 Å². The summed E-state index contributed by atoms with van der Waals surface area (Å²) in [5.41, 5.74) is 1.51. The molecule has 1 fully saturated rings. The Morgan fingerprint density at radius 3 is 2.63 bits per heavy atom. The summed E-state index contributed by atoms with van der Waals surface area (Å²) >= 11 is 0. The van der Waals surface area contributed by atoms with Crippen molar-refractivity contribution in [2.75, 3.05) is 32.6 Å². The molecule has 5 nitrogen and oxygen atoms in total. The monoisotopic (exact) mass is 261 g/mol. The molecule has 1 unspecified atom stereocenters. The molecule has 0 spiro atoms. The smallest absolute Gasteiger partial charge is 0.253 e. The van der Waals surface area contributed by atoms with E-state index >= 15 is 0 Å². The molecule has 0 saturated carbocycles. The first kappa shape index (κ1) is 13.4. The van der Waals surface area contributed by atoms with Gasteiger partial charge in [-0.05, 0) is 12.1 Å². The molecule has 0 radical (unpaired) electrons. The Balaban J connectivity index is 2.11. The largest absolute Gasteiger partial charge is 0.377 e. The molecule has 1 N–H and O–H groups in total. The quantitative estimate of drug-likeness (QED) is 0.872. The van der Waals surface area contributed by atoms with Crippen LogP contribution in [0.4, 0.5) is 5.69 Å². The van der Waals surface area contributed by atoms with Gasteiger partial charge in [0.05, 0.1) is 11.6 Å². The van der Waals surface area contributed by atoms with Gasteiger partial charge in [-0.2, -0.15) is 0 Å². The van der Waals surface area contributed by atoms with Crippen LogP contribution in [0.1, 0.15) is 16.8 Å². The fourth-order valence-corrected chi connectivity index (χ4v) is 2.28. The van der Waals surface area contributed by atoms with Crippen molar-refractivity contribution in [3.05, 3.63) is 29.8 Å². The van der Waals surface area contributed by atoms with Crippen LogP contribution in [0.3, 0.4) is 0 Å². The Morgan fingerprint density at radius 2 is 2.05 bits per heavy atom. The van der Waals surface area contributed by atoms with Gasteiger partial charge in [-0.3, -0.25) is 9.59 Å². The summed E-state index contributed by atoms with van der Waals surface area (Å²) in [7, 11) is 5.56. The van der Waals surface area contributed by atoms with Crippen LogP contribution in [-0.2, 0) is 4.79 Å². The molecule has 2 rings (SSSR count). The number of carbonyl (C=O) groups is 2. The van der Waals surface area contributed by atoms with Crippen molar-refractivity contribution in [2.24, 2.45) is 0 Å². The molecule has 2 amide bonds. The number of rotatable bonds is 3. The second-order valence-corrected chi connectivity index (χ2v) is 5.06. The van der Waals surface area contributed by atoms with Crippen LogP contribution in [0.2, 0.25) is 0 Å². The van der Waals surface area contributed by atoms with Gasteiger partial charge in [-0.15, -0.1) is 0 Å². The molecule has 1 aliphatic heterocycles. The van der Waals surface area contributed by atoms with Crippen molar-refractivity contribution in [2.45, 2.75) is 12.5 Å². The summed E-state index contributed by atoms with van der Waals surface area (Å²) in [6, 6.07) is 7.35. The maximum atomic E-state index is 12.3. The average molecular weight is 261 g/mol. The zero-order valence-corrected chi connectivity index (χ0v) is 11.5. The van der Waals surface area contributed by atoms with Crippen LogP contribution in [-0.4, -0.2) is 50.4 Å². The van der Waals surface area contributed by atoms with Gasteiger partial charge >= 0.3 is 0 Å². The number of hydrogen-bond donors (Lipinski definition) is 1. The minimum absolute atomic E-state index is 0.0752. The molecular formula is C14H19N3O2. The van der Waals surface area contributed by atoms with Gasteiger partial charge < -0.3 is 15.1 Å². The summed E-state index contributed by atoms with van der Waals surface area (Å²) in [5, 5.41) is 2.92. The molecule has 0 bridgehead atoms. The van der Waals surface area contributed by atoms with E-state index in [1.165, 1.54) is 0 Å². The number of likely N-dealkylation sites (N-methyl/N-ethyl adjacent to an activating group) is 1. The van der Waals surface area contributed by atoms with Crippen molar-refractivity contribution in [3.63, 3.8) is 0 Å². The Labute approximate surface area is 113 Å². The zero-order valence-electron chi connectivity index (χ0n) is 11.5. The summed E-state index contributed by atoms with van der Waals surface area (Å²) in [6.07, 6.45) is 0.381. The molecule has 0 aromatic heterocycles. The van der Waals surface area contributed by atoms with E-state index in [1.54, 1.807) is 18.0 Å². The minimum Gasteiger partial charge on any atom is -0.377 e. The van der Waals surface area contributed by atoms with Gasteiger partial charge in [-0.25, -0.2) is 0 Å². The molecule has 5 heteroatoms. The van der Waals surface area contributed by atoms with Gasteiger partial charge in [0.2, 0.25) is 5.91 Å². The van der Waals surface area contributed by atoms with Gasteiger partial charge in [0, 0.05) is 39.8 Å². The van der Waals surface area contributed by atoms with Crippen LogP contribution < -0.4 is 10.2 Å². The lowest BCUT2D eigenvalue weighted by Crippen LogP contribution is -2.37. The van der Waals surface area contributed by atoms with E-state index in [4.69, 9.17) is 0 Å². The lowest BCUT2D eigenvalue weighted by molar-refractivity contribution is -0.126. The first-order valence-corrected chi connectivity index (χ1v) is 6.30. The van der Waals surface area contributed by atoms with E-state index in [9.17, 15) is 9.59 Å². The van der Waals surface area contributed by atoms with Crippen LogP contribution in [0.15, 0.2) is 24.3 Å². The lowest BCUT2D eigenvalue weighted by atomic mass is 10.1.